The second-order valence-electron chi connectivity index (χ2n) is 8.15. The van der Waals surface area contributed by atoms with Crippen molar-refractivity contribution in [1.29, 1.82) is 0 Å². The summed E-state index contributed by atoms with van der Waals surface area (Å²) in [6.07, 6.45) is 17.7. The van der Waals surface area contributed by atoms with Gasteiger partial charge in [-0.05, 0) is 97.3 Å². The SMILES string of the molecule is C.C.C=C1/C(=C\C=C2/CCCC3(C)C(C/C=C/I)CCC23)CCCC1O.CN. The highest BCUT2D eigenvalue weighted by Gasteiger charge is 2.48. The van der Waals surface area contributed by atoms with Crippen LogP contribution in [0.2, 0.25) is 0 Å². The molecule has 0 aromatic rings. The highest BCUT2D eigenvalue weighted by Crippen LogP contribution is 2.58. The first-order chi connectivity index (χ1) is 12.6. The summed E-state index contributed by atoms with van der Waals surface area (Å²) in [4.78, 5) is 0. The van der Waals surface area contributed by atoms with Crippen molar-refractivity contribution in [3.63, 3.8) is 0 Å². The fraction of sp³-hybridized carbons (Fsp3) is 0.680. The van der Waals surface area contributed by atoms with Crippen LogP contribution >= 0.6 is 22.6 Å². The fourth-order valence-electron chi connectivity index (χ4n) is 5.38. The number of halogens is 1. The molecule has 3 aliphatic rings. The Bertz CT molecular complexity index is 577. The number of fused-ring (bicyclic) bond motifs is 1. The molecule has 3 fully saturated rings. The minimum atomic E-state index is -0.323. The Hall–Kier alpha value is -0.390. The van der Waals surface area contributed by atoms with Gasteiger partial charge in [0.15, 0.2) is 0 Å². The van der Waals surface area contributed by atoms with Gasteiger partial charge in [-0.25, -0.2) is 0 Å². The van der Waals surface area contributed by atoms with E-state index in [4.69, 9.17) is 0 Å². The Kier molecular flexibility index (Phi) is 12.8. The molecule has 0 amide bonds. The average molecular weight is 502 g/mol. The zero-order chi connectivity index (χ0) is 19.2. The molecule has 3 saturated carbocycles. The lowest BCUT2D eigenvalue weighted by Crippen LogP contribution is -2.33. The molecule has 0 aromatic heterocycles. The van der Waals surface area contributed by atoms with Crippen LogP contribution in [-0.4, -0.2) is 18.3 Å². The molecule has 4 atom stereocenters. The molecule has 3 rings (SSSR count). The van der Waals surface area contributed by atoms with Crippen LogP contribution in [0.1, 0.15) is 79.6 Å². The van der Waals surface area contributed by atoms with E-state index in [1.165, 1.54) is 51.1 Å². The van der Waals surface area contributed by atoms with Gasteiger partial charge in [0.05, 0.1) is 6.10 Å². The van der Waals surface area contributed by atoms with Crippen LogP contribution < -0.4 is 5.73 Å². The number of hydrogen-bond acceptors (Lipinski definition) is 2. The highest BCUT2D eigenvalue weighted by atomic mass is 127. The first-order valence-corrected chi connectivity index (χ1v) is 11.4. The average Bonchev–Trinajstić information content (AvgIpc) is 2.99. The van der Waals surface area contributed by atoms with Gasteiger partial charge in [0.2, 0.25) is 0 Å². The largest absolute Gasteiger partial charge is 0.388 e. The minimum Gasteiger partial charge on any atom is -0.388 e. The van der Waals surface area contributed by atoms with E-state index in [2.05, 4.69) is 64.1 Å². The van der Waals surface area contributed by atoms with Crippen molar-refractivity contribution in [3.8, 4) is 0 Å². The summed E-state index contributed by atoms with van der Waals surface area (Å²) in [6.45, 7) is 6.65. The van der Waals surface area contributed by atoms with E-state index in [0.29, 0.717) is 5.41 Å². The van der Waals surface area contributed by atoms with E-state index in [9.17, 15) is 5.11 Å². The van der Waals surface area contributed by atoms with Gasteiger partial charge < -0.3 is 10.8 Å². The maximum atomic E-state index is 10.0. The van der Waals surface area contributed by atoms with Crippen LogP contribution in [0.15, 0.2) is 45.6 Å². The van der Waals surface area contributed by atoms with Crippen LogP contribution in [0.25, 0.3) is 0 Å². The van der Waals surface area contributed by atoms with Crippen molar-refractivity contribution in [1.82, 2.24) is 0 Å². The van der Waals surface area contributed by atoms with Crippen molar-refractivity contribution < 1.29 is 5.11 Å². The second-order valence-corrected chi connectivity index (χ2v) is 8.87. The van der Waals surface area contributed by atoms with E-state index in [1.54, 1.807) is 5.57 Å². The number of aliphatic hydroxyl groups excluding tert-OH is 1. The molecule has 3 heteroatoms. The lowest BCUT2D eigenvalue weighted by atomic mass is 9.63. The van der Waals surface area contributed by atoms with Gasteiger partial charge in [-0.1, -0.05) is 74.7 Å². The quantitative estimate of drug-likeness (QED) is 0.398. The Labute approximate surface area is 188 Å². The monoisotopic (exact) mass is 501 g/mol. The maximum Gasteiger partial charge on any atom is 0.0787 e. The summed E-state index contributed by atoms with van der Waals surface area (Å²) in [7, 11) is 1.50. The third-order valence-corrected chi connectivity index (χ3v) is 7.42. The van der Waals surface area contributed by atoms with Gasteiger partial charge in [0.25, 0.3) is 0 Å². The van der Waals surface area contributed by atoms with E-state index in [-0.39, 0.29) is 21.0 Å². The summed E-state index contributed by atoms with van der Waals surface area (Å²) in [6, 6.07) is 0. The summed E-state index contributed by atoms with van der Waals surface area (Å²) < 4.78 is 2.18. The third-order valence-electron chi connectivity index (χ3n) is 6.91. The van der Waals surface area contributed by atoms with Crippen molar-refractivity contribution >= 4 is 22.6 Å². The van der Waals surface area contributed by atoms with E-state index in [0.717, 1.165) is 36.7 Å². The Morgan fingerprint density at radius 1 is 1.14 bits per heavy atom. The van der Waals surface area contributed by atoms with Crippen LogP contribution in [0.5, 0.6) is 0 Å². The van der Waals surface area contributed by atoms with Crippen molar-refractivity contribution in [2.45, 2.75) is 85.7 Å². The molecule has 0 radical (unpaired) electrons. The van der Waals surface area contributed by atoms with Gasteiger partial charge in [0.1, 0.15) is 0 Å². The molecule has 0 saturated heterocycles. The summed E-state index contributed by atoms with van der Waals surface area (Å²) in [5.74, 6) is 1.61. The molecule has 3 aliphatic carbocycles. The lowest BCUT2D eigenvalue weighted by Gasteiger charge is -2.42. The Balaban J connectivity index is 0.00000177. The standard InChI is InChI=1S/C22H31IO.CH5N.2CH4/c1-16-17(6-3-9-21(16)24)10-11-18-7-4-14-22(2)19(8-5-15-23)12-13-20(18)22;1-2;;/h5,10-11,15,19-21,24H,1,3-4,6-9,12-14H2,2H3;2H2,1H3;2*1H4/b15-5+,17-10-,18-11+;;;. The topological polar surface area (TPSA) is 46.2 Å². The van der Waals surface area contributed by atoms with Gasteiger partial charge >= 0.3 is 0 Å². The number of aliphatic hydroxyl groups is 1. The zero-order valence-corrected chi connectivity index (χ0v) is 18.7. The predicted molar refractivity (Wildman–Crippen MR) is 135 cm³/mol. The van der Waals surface area contributed by atoms with Crippen LogP contribution in [0, 0.1) is 17.3 Å². The van der Waals surface area contributed by atoms with Crippen LogP contribution in [0.4, 0.5) is 0 Å². The number of nitrogens with two attached hydrogens (primary N) is 1. The molecule has 4 unspecified atom stereocenters. The molecule has 2 nitrogen and oxygen atoms in total. The summed E-state index contributed by atoms with van der Waals surface area (Å²) >= 11 is 2.34. The maximum absolute atomic E-state index is 10.0. The normalized spacial score (nSPS) is 35.0. The number of rotatable bonds is 3. The van der Waals surface area contributed by atoms with Crippen molar-refractivity contribution in [2.75, 3.05) is 7.05 Å². The van der Waals surface area contributed by atoms with Gasteiger partial charge in [-0.15, -0.1) is 0 Å². The smallest absolute Gasteiger partial charge is 0.0787 e. The van der Waals surface area contributed by atoms with E-state index in [1.807, 2.05) is 0 Å². The highest BCUT2D eigenvalue weighted by molar-refractivity contribution is 14.1. The molecule has 162 valence electrons. The van der Waals surface area contributed by atoms with Gasteiger partial charge in [-0.2, -0.15) is 0 Å². The minimum absolute atomic E-state index is 0. The Morgan fingerprint density at radius 3 is 2.54 bits per heavy atom. The zero-order valence-electron chi connectivity index (χ0n) is 16.5. The van der Waals surface area contributed by atoms with Gasteiger partial charge in [0, 0.05) is 0 Å². The van der Waals surface area contributed by atoms with Crippen LogP contribution in [0.3, 0.4) is 0 Å². The molecular weight excluding hydrogens is 457 g/mol. The molecule has 28 heavy (non-hydrogen) atoms. The Morgan fingerprint density at radius 2 is 1.86 bits per heavy atom. The molecule has 0 aliphatic heterocycles. The van der Waals surface area contributed by atoms with E-state index >= 15 is 0 Å². The predicted octanol–water partition coefficient (Wildman–Crippen LogP) is 7.34. The molecule has 0 bridgehead atoms. The second kappa shape index (κ2) is 13.0. The molecule has 3 N–H and O–H groups in total. The number of allylic oxidation sites excluding steroid dienone is 4. The lowest BCUT2D eigenvalue weighted by molar-refractivity contribution is 0.137. The first kappa shape index (κ1) is 27.6. The molecule has 0 heterocycles. The third kappa shape index (κ3) is 6.06. The van der Waals surface area contributed by atoms with E-state index < -0.39 is 0 Å². The first-order valence-electron chi connectivity index (χ1n) is 10.2. The molecular formula is C25H44INO. The van der Waals surface area contributed by atoms with Crippen molar-refractivity contribution in [2.24, 2.45) is 23.0 Å². The molecule has 0 spiro atoms. The summed E-state index contributed by atoms with van der Waals surface area (Å²) in [5, 5.41) is 10.0. The summed E-state index contributed by atoms with van der Waals surface area (Å²) in [5.41, 5.74) is 8.87. The van der Waals surface area contributed by atoms with Gasteiger partial charge in [-0.3, -0.25) is 0 Å². The molecule has 0 aromatic carbocycles. The van der Waals surface area contributed by atoms with Crippen molar-refractivity contribution in [3.05, 3.63) is 45.6 Å². The number of hydrogen-bond donors (Lipinski definition) is 2. The van der Waals surface area contributed by atoms with Crippen LogP contribution in [-0.2, 0) is 0 Å². The fourth-order valence-corrected chi connectivity index (χ4v) is 5.68.